The van der Waals surface area contributed by atoms with Crippen LogP contribution in [0.25, 0.3) is 20.9 Å². The fourth-order valence-electron chi connectivity index (χ4n) is 1.30. The molecule has 0 unspecified atom stereocenters. The topological polar surface area (TPSA) is 55.7 Å². The van der Waals surface area contributed by atoms with Crippen LogP contribution >= 0.6 is 0 Å². The molecule has 0 N–H and O–H groups in total. The summed E-state index contributed by atoms with van der Waals surface area (Å²) in [5.41, 5.74) is 0. The van der Waals surface area contributed by atoms with Crippen LogP contribution < -0.4 is 10.4 Å². The molecule has 0 aromatic heterocycles. The van der Waals surface area contributed by atoms with Gasteiger partial charge in [-0.15, -0.1) is 0 Å². The molecule has 17 heavy (non-hydrogen) atoms. The Balaban J connectivity index is 2.68. The Morgan fingerprint density at radius 2 is 1.53 bits per heavy atom. The van der Waals surface area contributed by atoms with E-state index in [1.165, 1.54) is 0 Å². The van der Waals surface area contributed by atoms with Crippen molar-refractivity contribution in [2.75, 3.05) is 0 Å². The standard InChI is InChI=1S/C12H4N5/c1-14-11-12(15-2)17-10(16-11)9-5-3-8(7-13)4-6-9/h3-6H/q-1. The van der Waals surface area contributed by atoms with Gasteiger partial charge in [0.15, 0.2) is 0 Å². The highest BCUT2D eigenvalue weighted by Gasteiger charge is 2.22. The first-order valence-electron chi connectivity index (χ1n) is 4.58. The van der Waals surface area contributed by atoms with Crippen LogP contribution in [0.2, 0.25) is 0 Å². The fraction of sp³-hybridized carbons (Fsp3) is 0. The fourth-order valence-corrected chi connectivity index (χ4v) is 1.30. The molecule has 1 aromatic rings. The average Bonchev–Trinajstić information content (AvgIpc) is 2.82. The van der Waals surface area contributed by atoms with Gasteiger partial charge >= 0.3 is 5.82 Å². The van der Waals surface area contributed by atoms with Gasteiger partial charge in [0, 0.05) is 0 Å². The van der Waals surface area contributed by atoms with Crippen molar-refractivity contribution in [1.82, 2.24) is 0 Å². The first kappa shape index (κ1) is 10.5. The quantitative estimate of drug-likeness (QED) is 0.444. The second kappa shape index (κ2) is 4.24. The van der Waals surface area contributed by atoms with Gasteiger partial charge in [-0.2, -0.15) is 0 Å². The Morgan fingerprint density at radius 1 is 1.00 bits per heavy atom. The van der Waals surface area contributed by atoms with E-state index in [4.69, 9.17) is 18.6 Å². The molecule has 1 aliphatic heterocycles. The molecule has 5 nitrogen and oxygen atoms in total. The van der Waals surface area contributed by atoms with Gasteiger partial charge in [0.05, 0.1) is 5.22 Å². The molecular formula is C12H4N5-. The number of amidine groups is 2. The van der Waals surface area contributed by atoms with E-state index in [2.05, 4.69) is 19.7 Å². The van der Waals surface area contributed by atoms with E-state index in [-0.39, 0.29) is 11.7 Å². The van der Waals surface area contributed by atoms with Crippen LogP contribution in [0.1, 0.15) is 0 Å². The van der Waals surface area contributed by atoms with E-state index in [0.29, 0.717) is 16.3 Å². The predicted molar refractivity (Wildman–Crippen MR) is 64.6 cm³/mol. The van der Waals surface area contributed by atoms with Crippen molar-refractivity contribution >= 4 is 23.4 Å². The van der Waals surface area contributed by atoms with Crippen LogP contribution in [0.4, 0.5) is 0 Å². The summed E-state index contributed by atoms with van der Waals surface area (Å²) in [5.74, 6) is 2.37. The van der Waals surface area contributed by atoms with E-state index >= 15 is 0 Å². The van der Waals surface area contributed by atoms with E-state index < -0.39 is 0 Å². The summed E-state index contributed by atoms with van der Waals surface area (Å²) in [5, 5.41) is 9.88. The Bertz CT molecular complexity index is 709. The molecule has 5 heteroatoms. The molecule has 0 spiro atoms. The van der Waals surface area contributed by atoms with Gasteiger partial charge in [0.25, 0.3) is 11.7 Å². The number of rotatable bonds is 0. The third-order valence-electron chi connectivity index (χ3n) is 2.11. The molecule has 0 atom stereocenters. The first-order chi connectivity index (χ1) is 8.28. The second-order valence-electron chi connectivity index (χ2n) is 3.11. The molecule has 0 amide bonds. The highest BCUT2D eigenvalue weighted by atomic mass is 15.1. The summed E-state index contributed by atoms with van der Waals surface area (Å²) in [6.07, 6.45) is 0. The van der Waals surface area contributed by atoms with Gasteiger partial charge in [-0.25, -0.2) is 0 Å². The Hall–Kier alpha value is -3.01. The number of aliphatic imine (C=N–C) groups is 2. The maximum atomic E-state index is 8.66. The van der Waals surface area contributed by atoms with Crippen molar-refractivity contribution in [3.63, 3.8) is 0 Å². The monoisotopic (exact) mass is 218 g/mol. The van der Waals surface area contributed by atoms with E-state index in [0.717, 1.165) is 0 Å². The van der Waals surface area contributed by atoms with Gasteiger partial charge in [-0.1, -0.05) is 23.1 Å². The molecule has 0 radical (unpaired) electrons. The van der Waals surface area contributed by atoms with E-state index in [1.54, 1.807) is 24.3 Å². The van der Waals surface area contributed by atoms with Gasteiger partial charge in [0.2, 0.25) is 0 Å². The smallest absolute Gasteiger partial charge is 0.342 e. The minimum atomic E-state index is 0.0133. The summed E-state index contributed by atoms with van der Waals surface area (Å²) in [6, 6.07) is 6.66. The minimum Gasteiger partial charge on any atom is -0.763 e. The zero-order valence-corrected chi connectivity index (χ0v) is 8.55. The maximum absolute atomic E-state index is 8.66. The molecule has 0 saturated heterocycles. The molecule has 1 aliphatic rings. The zero-order chi connectivity index (χ0) is 12.3. The molecule has 78 valence electrons. The van der Waals surface area contributed by atoms with Crippen LogP contribution in [0.5, 0.6) is 0 Å². The van der Waals surface area contributed by atoms with Gasteiger partial charge in [0.1, 0.15) is 0 Å². The highest BCUT2D eigenvalue weighted by Crippen LogP contribution is 2.10. The Morgan fingerprint density at radius 3 is 1.94 bits per heavy atom. The van der Waals surface area contributed by atoms with Crippen molar-refractivity contribution in [3.05, 3.63) is 62.9 Å². The molecule has 0 fully saturated rings. The molecule has 0 aliphatic carbocycles. The predicted octanol–water partition coefficient (Wildman–Crippen LogP) is 0.312. The summed E-state index contributed by atoms with van der Waals surface area (Å²) in [6.45, 7) is 13.7. The lowest BCUT2D eigenvalue weighted by molar-refractivity contribution is 1.41. The van der Waals surface area contributed by atoms with Gasteiger partial charge < -0.3 is 15.1 Å². The minimum absolute atomic E-state index is 0.0133. The molecule has 1 heterocycles. The lowest BCUT2D eigenvalue weighted by Gasteiger charge is -1.84. The summed E-state index contributed by atoms with van der Waals surface area (Å²) < 4.78 is 0. The number of benzene rings is 1. The van der Waals surface area contributed by atoms with Crippen LogP contribution in [0.15, 0.2) is 34.3 Å². The largest absolute Gasteiger partial charge is 0.763 e. The third-order valence-corrected chi connectivity index (χ3v) is 2.11. The van der Waals surface area contributed by atoms with Crippen LogP contribution in [0.3, 0.4) is 0 Å². The Kier molecular flexibility index (Phi) is 2.62. The Labute approximate surface area is 96.9 Å². The normalized spacial score (nSPS) is 13.2. The average molecular weight is 218 g/mol. The van der Waals surface area contributed by atoms with Crippen molar-refractivity contribution < 1.29 is 0 Å². The number of hydrogen-bond donors (Lipinski definition) is 0. The molecular weight excluding hydrogens is 214 g/mol. The zero-order valence-electron chi connectivity index (χ0n) is 8.55. The van der Waals surface area contributed by atoms with Crippen molar-refractivity contribution in [3.8, 4) is 0 Å². The molecule has 1 aromatic carbocycles. The second-order valence-corrected chi connectivity index (χ2v) is 3.11. The van der Waals surface area contributed by atoms with E-state index in [9.17, 15) is 0 Å². The van der Waals surface area contributed by atoms with Gasteiger partial charge in [-0.05, 0) is 29.5 Å². The van der Waals surface area contributed by atoms with Crippen LogP contribution in [-0.2, 0) is 0 Å². The van der Waals surface area contributed by atoms with E-state index in [1.807, 2.05) is 5.87 Å². The highest BCUT2D eigenvalue weighted by molar-refractivity contribution is 6.50. The third kappa shape index (κ3) is 1.87. The van der Waals surface area contributed by atoms with Crippen molar-refractivity contribution in [1.29, 1.82) is 0 Å². The summed E-state index contributed by atoms with van der Waals surface area (Å²) in [4.78, 5) is 14.2. The maximum Gasteiger partial charge on any atom is 0.342 e. The summed E-state index contributed by atoms with van der Waals surface area (Å²) in [7, 11) is 0. The number of hydrogen-bond acceptors (Lipinski definition) is 2. The molecule has 0 saturated carbocycles. The number of nitrogens with zero attached hydrogens (tertiary/aromatic N) is 5. The molecule has 0 bridgehead atoms. The van der Waals surface area contributed by atoms with Crippen LogP contribution in [0, 0.1) is 13.1 Å². The first-order valence-corrected chi connectivity index (χ1v) is 4.58. The SMILES string of the molecule is [C-]#[N+]C1=NC(=c2ccc(=C=[N-])cc2)N=C1[N+]#[C-]. The van der Waals surface area contributed by atoms with Crippen molar-refractivity contribution in [2.45, 2.75) is 0 Å². The molecule has 2 rings (SSSR count). The lowest BCUT2D eigenvalue weighted by atomic mass is 10.2. The lowest BCUT2D eigenvalue weighted by Crippen LogP contribution is -2.09. The van der Waals surface area contributed by atoms with Gasteiger partial charge in [-0.3, -0.25) is 5.87 Å². The van der Waals surface area contributed by atoms with Crippen molar-refractivity contribution in [2.24, 2.45) is 9.98 Å². The van der Waals surface area contributed by atoms with Crippen LogP contribution in [-0.4, -0.2) is 17.5 Å². The summed E-state index contributed by atoms with van der Waals surface area (Å²) >= 11 is 0.